The average molecular weight is 228 g/mol. The van der Waals surface area contributed by atoms with Crippen LogP contribution >= 0.6 is 0 Å². The molecular weight excluding hydrogens is 200 g/mol. The van der Waals surface area contributed by atoms with Crippen LogP contribution in [0.5, 0.6) is 0 Å². The monoisotopic (exact) mass is 228 g/mol. The van der Waals surface area contributed by atoms with E-state index in [9.17, 15) is 0 Å². The van der Waals surface area contributed by atoms with Crippen LogP contribution in [0.3, 0.4) is 0 Å². The lowest BCUT2D eigenvalue weighted by molar-refractivity contribution is 0.284. The quantitative estimate of drug-likeness (QED) is 0.439. The van der Waals surface area contributed by atoms with Gasteiger partial charge >= 0.3 is 0 Å². The van der Waals surface area contributed by atoms with Crippen LogP contribution in [0.2, 0.25) is 6.04 Å². The molecule has 0 heterocycles. The van der Waals surface area contributed by atoms with E-state index in [1.807, 2.05) is 0 Å². The van der Waals surface area contributed by atoms with Crippen LogP contribution in [0.1, 0.15) is 72.1 Å². The van der Waals surface area contributed by atoms with Gasteiger partial charge in [0.15, 0.2) is 0 Å². The normalized spacial score (nSPS) is 12.0. The molecule has 0 aromatic carbocycles. The summed E-state index contributed by atoms with van der Waals surface area (Å²) in [4.78, 5) is 8.70. The highest BCUT2D eigenvalue weighted by Crippen LogP contribution is 2.30. The maximum atomic E-state index is 8.70. The Morgan fingerprint density at radius 3 is 2.07 bits per heavy atom. The molecule has 0 aromatic rings. The first-order valence-corrected chi connectivity index (χ1v) is 7.65. The van der Waals surface area contributed by atoms with Gasteiger partial charge in [0.2, 0.25) is 9.76 Å². The minimum absolute atomic E-state index is 0.156. The zero-order chi connectivity index (χ0) is 11.6. The van der Waals surface area contributed by atoms with Crippen molar-refractivity contribution in [2.45, 2.75) is 78.2 Å². The maximum Gasteiger partial charge on any atom is 0.224 e. The van der Waals surface area contributed by atoms with Crippen LogP contribution in [0.15, 0.2) is 0 Å². The first-order chi connectivity index (χ1) is 7.12. The molecule has 15 heavy (non-hydrogen) atoms. The Balaban J connectivity index is 3.38. The van der Waals surface area contributed by atoms with Gasteiger partial charge in [0.05, 0.1) is 0 Å². The van der Waals surface area contributed by atoms with E-state index in [1.54, 1.807) is 0 Å². The lowest BCUT2D eigenvalue weighted by atomic mass is 9.82. The number of hydrogen-bond acceptors (Lipinski definition) is 1. The topological polar surface area (TPSA) is 20.2 Å². The molecule has 1 nitrogen and oxygen atoms in total. The molecule has 0 fully saturated rings. The first-order valence-electron chi connectivity index (χ1n) is 6.49. The molecule has 0 spiro atoms. The summed E-state index contributed by atoms with van der Waals surface area (Å²) in [6.45, 7) is 7.07. The highest BCUT2D eigenvalue weighted by Gasteiger charge is 2.16. The summed E-state index contributed by atoms with van der Waals surface area (Å²) in [6.07, 6.45) is 10.7. The molecular formula is C13H28OSi. The Morgan fingerprint density at radius 1 is 0.933 bits per heavy atom. The molecule has 1 N–H and O–H groups in total. The molecule has 90 valence electrons. The van der Waals surface area contributed by atoms with Gasteiger partial charge < -0.3 is 4.80 Å². The van der Waals surface area contributed by atoms with Gasteiger partial charge in [-0.25, -0.2) is 0 Å². The van der Waals surface area contributed by atoms with Crippen LogP contribution < -0.4 is 0 Å². The van der Waals surface area contributed by atoms with Crippen molar-refractivity contribution in [3.63, 3.8) is 0 Å². The molecule has 0 saturated heterocycles. The van der Waals surface area contributed by atoms with Gasteiger partial charge in [0, 0.05) is 0 Å². The Morgan fingerprint density at radius 2 is 1.53 bits per heavy atom. The van der Waals surface area contributed by atoms with E-state index in [2.05, 4.69) is 20.8 Å². The standard InChI is InChI=1S/C13H28OSi/c1-4-5-7-10-13(2,3)11-8-6-9-12-15-14/h14H,4-12H2,1-3H3. The van der Waals surface area contributed by atoms with Crippen molar-refractivity contribution in [2.75, 3.05) is 0 Å². The summed E-state index contributed by atoms with van der Waals surface area (Å²) >= 11 is 0. The van der Waals surface area contributed by atoms with E-state index in [1.165, 1.54) is 51.4 Å². The van der Waals surface area contributed by atoms with Crippen molar-refractivity contribution in [3.8, 4) is 0 Å². The third-order valence-electron chi connectivity index (χ3n) is 3.10. The predicted octanol–water partition coefficient (Wildman–Crippen LogP) is 4.18. The van der Waals surface area contributed by atoms with Crippen molar-refractivity contribution >= 4 is 9.76 Å². The fourth-order valence-electron chi connectivity index (χ4n) is 1.96. The molecule has 0 aliphatic heterocycles. The SMILES string of the molecule is CCCCCC(C)(C)CCCCC[Si]O. The molecule has 0 atom stereocenters. The van der Waals surface area contributed by atoms with Gasteiger partial charge in [-0.05, 0) is 24.3 Å². The molecule has 0 aliphatic carbocycles. The van der Waals surface area contributed by atoms with E-state index < -0.39 is 0 Å². The average Bonchev–Trinajstić information content (AvgIpc) is 2.17. The largest absolute Gasteiger partial charge is 0.432 e. The number of hydrogen-bond donors (Lipinski definition) is 1. The zero-order valence-electron chi connectivity index (χ0n) is 10.8. The smallest absolute Gasteiger partial charge is 0.224 e. The van der Waals surface area contributed by atoms with Gasteiger partial charge in [-0.2, -0.15) is 0 Å². The van der Waals surface area contributed by atoms with Gasteiger partial charge in [-0.3, -0.25) is 0 Å². The summed E-state index contributed by atoms with van der Waals surface area (Å²) < 4.78 is 0. The highest BCUT2D eigenvalue weighted by molar-refractivity contribution is 6.25. The van der Waals surface area contributed by atoms with Crippen LogP contribution in [0, 0.1) is 5.41 Å². The van der Waals surface area contributed by atoms with E-state index in [0.29, 0.717) is 5.41 Å². The lowest BCUT2D eigenvalue weighted by Gasteiger charge is -2.24. The molecule has 0 aliphatic rings. The molecule has 2 radical (unpaired) electrons. The van der Waals surface area contributed by atoms with Crippen molar-refractivity contribution in [2.24, 2.45) is 5.41 Å². The molecule has 0 rings (SSSR count). The Kier molecular flexibility index (Phi) is 9.52. The maximum absolute atomic E-state index is 8.70. The van der Waals surface area contributed by atoms with Gasteiger partial charge in [0.25, 0.3) is 0 Å². The summed E-state index contributed by atoms with van der Waals surface area (Å²) in [7, 11) is 0.156. The van der Waals surface area contributed by atoms with E-state index in [0.717, 1.165) is 6.04 Å². The van der Waals surface area contributed by atoms with Gasteiger partial charge in [-0.1, -0.05) is 59.3 Å². The van der Waals surface area contributed by atoms with Crippen LogP contribution in [0.4, 0.5) is 0 Å². The second-order valence-electron chi connectivity index (χ2n) is 5.34. The Hall–Kier alpha value is 0.177. The molecule has 2 heteroatoms. The van der Waals surface area contributed by atoms with Crippen LogP contribution in [-0.2, 0) is 0 Å². The van der Waals surface area contributed by atoms with Crippen LogP contribution in [-0.4, -0.2) is 14.6 Å². The minimum atomic E-state index is 0.156. The molecule has 0 unspecified atom stereocenters. The second-order valence-corrected chi connectivity index (χ2v) is 6.16. The highest BCUT2D eigenvalue weighted by atomic mass is 28.2. The van der Waals surface area contributed by atoms with Crippen molar-refractivity contribution in [1.82, 2.24) is 0 Å². The molecule has 0 saturated carbocycles. The Labute approximate surface area is 98.6 Å². The number of rotatable bonds is 10. The fourth-order valence-corrected chi connectivity index (χ4v) is 2.37. The number of unbranched alkanes of at least 4 members (excludes halogenated alkanes) is 4. The van der Waals surface area contributed by atoms with Crippen molar-refractivity contribution in [3.05, 3.63) is 0 Å². The summed E-state index contributed by atoms with van der Waals surface area (Å²) in [6, 6.07) is 1.01. The second kappa shape index (κ2) is 9.41. The molecule has 0 bridgehead atoms. The van der Waals surface area contributed by atoms with E-state index in [4.69, 9.17) is 4.80 Å². The molecule has 0 aromatic heterocycles. The third-order valence-corrected chi connectivity index (χ3v) is 3.68. The van der Waals surface area contributed by atoms with Crippen molar-refractivity contribution < 1.29 is 4.80 Å². The minimum Gasteiger partial charge on any atom is -0.432 e. The predicted molar refractivity (Wildman–Crippen MR) is 69.2 cm³/mol. The first kappa shape index (κ1) is 15.2. The Bertz CT molecular complexity index is 134. The van der Waals surface area contributed by atoms with Crippen LogP contribution in [0.25, 0.3) is 0 Å². The summed E-state index contributed by atoms with van der Waals surface area (Å²) in [5, 5.41) is 0. The van der Waals surface area contributed by atoms with Crippen molar-refractivity contribution in [1.29, 1.82) is 0 Å². The van der Waals surface area contributed by atoms with E-state index >= 15 is 0 Å². The fraction of sp³-hybridized carbons (Fsp3) is 1.00. The third kappa shape index (κ3) is 10.5. The zero-order valence-corrected chi connectivity index (χ0v) is 11.8. The van der Waals surface area contributed by atoms with E-state index in [-0.39, 0.29) is 9.76 Å². The molecule has 0 amide bonds. The summed E-state index contributed by atoms with van der Waals surface area (Å²) in [5.74, 6) is 0. The van der Waals surface area contributed by atoms with Gasteiger partial charge in [-0.15, -0.1) is 0 Å². The lowest BCUT2D eigenvalue weighted by Crippen LogP contribution is -2.10. The van der Waals surface area contributed by atoms with Gasteiger partial charge in [0.1, 0.15) is 0 Å². The summed E-state index contributed by atoms with van der Waals surface area (Å²) in [5.41, 5.74) is 0.538.